The van der Waals surface area contributed by atoms with E-state index in [9.17, 15) is 30.2 Å². The van der Waals surface area contributed by atoms with Crippen LogP contribution in [0.1, 0.15) is 32.7 Å². The van der Waals surface area contributed by atoms with Crippen LogP contribution in [-0.4, -0.2) is 42.5 Å². The predicted molar refractivity (Wildman–Crippen MR) is 129 cm³/mol. The number of aliphatic hydroxyl groups excluding tert-OH is 3. The van der Waals surface area contributed by atoms with Crippen molar-refractivity contribution in [2.45, 2.75) is 19.8 Å². The highest BCUT2D eigenvalue weighted by Crippen LogP contribution is 2.32. The van der Waals surface area contributed by atoms with Gasteiger partial charge in [-0.25, -0.2) is 4.98 Å². The van der Waals surface area contributed by atoms with Crippen molar-refractivity contribution >= 4 is 33.8 Å². The second-order valence-corrected chi connectivity index (χ2v) is 8.36. The summed E-state index contributed by atoms with van der Waals surface area (Å²) in [5.41, 5.74) is 2.46. The number of carbonyl (C=O) groups excluding carboxylic acids is 1. The molecule has 0 atom stereocenters. The fourth-order valence-electron chi connectivity index (χ4n) is 3.79. The average Bonchev–Trinajstić information content (AvgIpc) is 3.47. The van der Waals surface area contributed by atoms with Crippen LogP contribution < -0.4 is 4.74 Å². The topological polar surface area (TPSA) is 147 Å². The first-order valence-electron chi connectivity index (χ1n) is 10.4. The number of carbonyl (C=O) groups is 1. The Labute approximate surface area is 203 Å². The molecule has 0 unspecified atom stereocenters. The number of nitro benzene ring substituents is 1. The SMILES string of the molecule is COc1cc(C(=O)C=Cc2c(-c3ccc(CO)c([N+](=O)[O-])c3)nc3sccn23)cc(CO)c1CO. The first-order valence-corrected chi connectivity index (χ1v) is 11.3. The summed E-state index contributed by atoms with van der Waals surface area (Å²) in [5.74, 6) is -0.0856. The fraction of sp³-hybridized carbons (Fsp3) is 0.167. The van der Waals surface area contributed by atoms with Crippen LogP contribution in [0, 0.1) is 10.1 Å². The molecule has 0 radical (unpaired) electrons. The lowest BCUT2D eigenvalue weighted by atomic mass is 10.0. The van der Waals surface area contributed by atoms with Crippen LogP contribution in [0.2, 0.25) is 0 Å². The van der Waals surface area contributed by atoms with Gasteiger partial charge in [-0.1, -0.05) is 6.07 Å². The summed E-state index contributed by atoms with van der Waals surface area (Å²) >= 11 is 1.37. The van der Waals surface area contributed by atoms with Crippen molar-refractivity contribution in [2.24, 2.45) is 0 Å². The number of rotatable bonds is 9. The summed E-state index contributed by atoms with van der Waals surface area (Å²) < 4.78 is 7.03. The van der Waals surface area contributed by atoms with Crippen molar-refractivity contribution in [1.82, 2.24) is 9.38 Å². The molecule has 180 valence electrons. The molecule has 0 saturated heterocycles. The summed E-state index contributed by atoms with van der Waals surface area (Å²) in [5, 5.41) is 41.9. The number of thiazole rings is 1. The monoisotopic (exact) mass is 495 g/mol. The number of allylic oxidation sites excluding steroid dienone is 1. The van der Waals surface area contributed by atoms with E-state index in [1.807, 2.05) is 5.38 Å². The zero-order valence-corrected chi connectivity index (χ0v) is 19.4. The van der Waals surface area contributed by atoms with Crippen LogP contribution in [0.4, 0.5) is 5.69 Å². The van der Waals surface area contributed by atoms with Gasteiger partial charge in [0.1, 0.15) is 5.75 Å². The molecule has 4 rings (SSSR count). The number of methoxy groups -OCH3 is 1. The van der Waals surface area contributed by atoms with E-state index in [-0.39, 0.29) is 41.6 Å². The number of benzene rings is 2. The van der Waals surface area contributed by atoms with E-state index in [4.69, 9.17) is 4.74 Å². The lowest BCUT2D eigenvalue weighted by molar-refractivity contribution is -0.385. The van der Waals surface area contributed by atoms with Crippen molar-refractivity contribution in [3.8, 4) is 17.0 Å². The Bertz CT molecular complexity index is 1430. The minimum absolute atomic E-state index is 0.187. The Morgan fingerprint density at radius 3 is 2.60 bits per heavy atom. The van der Waals surface area contributed by atoms with Crippen molar-refractivity contribution in [1.29, 1.82) is 0 Å². The largest absolute Gasteiger partial charge is 0.496 e. The number of aliphatic hydroxyl groups is 3. The van der Waals surface area contributed by atoms with Gasteiger partial charge in [0, 0.05) is 34.3 Å². The molecule has 3 N–H and O–H groups in total. The van der Waals surface area contributed by atoms with E-state index in [0.29, 0.717) is 33.0 Å². The van der Waals surface area contributed by atoms with Crippen molar-refractivity contribution < 1.29 is 29.8 Å². The van der Waals surface area contributed by atoms with E-state index in [0.717, 1.165) is 0 Å². The normalized spacial score (nSPS) is 11.4. The summed E-state index contributed by atoms with van der Waals surface area (Å²) in [7, 11) is 1.41. The molecule has 2 heterocycles. The van der Waals surface area contributed by atoms with Gasteiger partial charge in [0.05, 0.1) is 48.8 Å². The molecule has 0 aliphatic heterocycles. The molecular formula is C24H21N3O7S. The summed E-state index contributed by atoms with van der Waals surface area (Å²) in [6.07, 6.45) is 4.69. The number of fused-ring (bicyclic) bond motifs is 1. The standard InChI is InChI=1S/C24H21N3O7S/c1-34-22-10-16(8-17(12-29)18(22)13-30)21(31)5-4-19-23(25-24-26(19)6-7-35-24)14-2-3-15(11-28)20(9-14)27(32)33/h2-10,28-30H,11-13H2,1H3. The Morgan fingerprint density at radius 1 is 1.17 bits per heavy atom. The van der Waals surface area contributed by atoms with Crippen LogP contribution in [0.3, 0.4) is 0 Å². The van der Waals surface area contributed by atoms with Gasteiger partial charge in [-0.2, -0.15) is 0 Å². The molecule has 11 heteroatoms. The molecule has 0 amide bonds. The maximum atomic E-state index is 13.0. The fourth-order valence-corrected chi connectivity index (χ4v) is 4.51. The molecule has 0 spiro atoms. The molecule has 35 heavy (non-hydrogen) atoms. The van der Waals surface area contributed by atoms with Gasteiger partial charge in [0.15, 0.2) is 10.7 Å². The Hall–Kier alpha value is -3.90. The molecule has 0 saturated carbocycles. The molecule has 0 aliphatic carbocycles. The predicted octanol–water partition coefficient (Wildman–Crippen LogP) is 3.35. The smallest absolute Gasteiger partial charge is 0.275 e. The van der Waals surface area contributed by atoms with E-state index in [1.165, 1.54) is 48.8 Å². The zero-order valence-electron chi connectivity index (χ0n) is 18.5. The number of nitrogens with zero attached hydrogens (tertiary/aromatic N) is 3. The highest BCUT2D eigenvalue weighted by atomic mass is 32.1. The van der Waals surface area contributed by atoms with Crippen molar-refractivity contribution in [3.63, 3.8) is 0 Å². The highest BCUT2D eigenvalue weighted by Gasteiger charge is 2.20. The number of hydrogen-bond acceptors (Lipinski definition) is 9. The second-order valence-electron chi connectivity index (χ2n) is 7.49. The quantitative estimate of drug-likeness (QED) is 0.139. The van der Waals surface area contributed by atoms with E-state index < -0.39 is 11.5 Å². The molecule has 0 aliphatic rings. The average molecular weight is 496 g/mol. The van der Waals surface area contributed by atoms with Gasteiger partial charge in [0.25, 0.3) is 5.69 Å². The third-order valence-corrected chi connectivity index (χ3v) is 6.31. The van der Waals surface area contributed by atoms with Crippen LogP contribution in [0.25, 0.3) is 22.3 Å². The van der Waals surface area contributed by atoms with Crippen LogP contribution >= 0.6 is 11.3 Å². The molecular weight excluding hydrogens is 474 g/mol. The molecule has 10 nitrogen and oxygen atoms in total. The molecule has 0 bridgehead atoms. The van der Waals surface area contributed by atoms with Crippen LogP contribution in [0.15, 0.2) is 48.0 Å². The number of aromatic nitrogens is 2. The Balaban J connectivity index is 1.77. The number of ether oxygens (including phenoxy) is 1. The third-order valence-electron chi connectivity index (χ3n) is 5.55. The number of ketones is 1. The number of nitro groups is 1. The van der Waals surface area contributed by atoms with Crippen molar-refractivity contribution in [3.05, 3.63) is 86.0 Å². The Morgan fingerprint density at radius 2 is 1.94 bits per heavy atom. The number of imidazole rings is 1. The first-order chi connectivity index (χ1) is 16.9. The van der Waals surface area contributed by atoms with Crippen LogP contribution in [-0.2, 0) is 19.8 Å². The Kier molecular flexibility index (Phi) is 7.03. The minimum atomic E-state index is -0.561. The summed E-state index contributed by atoms with van der Waals surface area (Å²) in [4.78, 5) is 29.1. The van der Waals surface area contributed by atoms with E-state index in [1.54, 1.807) is 22.7 Å². The maximum absolute atomic E-state index is 13.0. The maximum Gasteiger partial charge on any atom is 0.275 e. The first kappa shape index (κ1) is 24.2. The number of hydrogen-bond donors (Lipinski definition) is 3. The molecule has 4 aromatic rings. The highest BCUT2D eigenvalue weighted by molar-refractivity contribution is 7.15. The van der Waals surface area contributed by atoms with Gasteiger partial charge in [-0.05, 0) is 35.9 Å². The molecule has 2 aromatic heterocycles. The minimum Gasteiger partial charge on any atom is -0.496 e. The van der Waals surface area contributed by atoms with Gasteiger partial charge < -0.3 is 20.1 Å². The molecule has 0 fully saturated rings. The van der Waals surface area contributed by atoms with Crippen molar-refractivity contribution in [2.75, 3.05) is 7.11 Å². The summed E-state index contributed by atoms with van der Waals surface area (Å²) in [6.45, 7) is -1.19. The van der Waals surface area contributed by atoms with Gasteiger partial charge in [0.2, 0.25) is 0 Å². The summed E-state index contributed by atoms with van der Waals surface area (Å²) in [6, 6.07) is 7.45. The van der Waals surface area contributed by atoms with Gasteiger partial charge in [-0.3, -0.25) is 19.3 Å². The second kappa shape index (κ2) is 10.2. The lowest BCUT2D eigenvalue weighted by Gasteiger charge is -2.12. The zero-order chi connectivity index (χ0) is 25.1. The van der Waals surface area contributed by atoms with E-state index in [2.05, 4.69) is 4.98 Å². The van der Waals surface area contributed by atoms with E-state index >= 15 is 0 Å². The van der Waals surface area contributed by atoms with Crippen LogP contribution in [0.5, 0.6) is 5.75 Å². The lowest BCUT2D eigenvalue weighted by Crippen LogP contribution is -2.04. The van der Waals surface area contributed by atoms with Gasteiger partial charge in [-0.15, -0.1) is 11.3 Å². The molecule has 2 aromatic carbocycles. The van der Waals surface area contributed by atoms with Gasteiger partial charge >= 0.3 is 0 Å². The third kappa shape index (κ3) is 4.57.